The lowest BCUT2D eigenvalue weighted by molar-refractivity contribution is -0.0518. The standard InChI is InChI=1S/C20H29ClN2O4/c1-13-17(11-26-13)22-14-6-7-15(16(21)10-14)18-12-25-9-5-8-23(18)19(24)27-20(2,3)4/h6-7,10,13,17-18,22H,5,8-9,11-12H2,1-4H3. The monoisotopic (exact) mass is 396 g/mol. The first-order valence-electron chi connectivity index (χ1n) is 9.49. The maximum atomic E-state index is 12.7. The summed E-state index contributed by atoms with van der Waals surface area (Å²) >= 11 is 6.59. The Morgan fingerprint density at radius 2 is 2.11 bits per heavy atom. The second-order valence-corrected chi connectivity index (χ2v) is 8.55. The number of nitrogens with zero attached hydrogens (tertiary/aromatic N) is 1. The summed E-state index contributed by atoms with van der Waals surface area (Å²) in [6.07, 6.45) is 0.630. The molecule has 1 N–H and O–H groups in total. The van der Waals surface area contributed by atoms with E-state index in [1.165, 1.54) is 0 Å². The van der Waals surface area contributed by atoms with Crippen LogP contribution >= 0.6 is 11.6 Å². The van der Waals surface area contributed by atoms with Crippen LogP contribution in [-0.2, 0) is 14.2 Å². The summed E-state index contributed by atoms with van der Waals surface area (Å²) in [5.41, 5.74) is 1.27. The van der Waals surface area contributed by atoms with Gasteiger partial charge in [0, 0.05) is 23.9 Å². The van der Waals surface area contributed by atoms with Crippen LogP contribution < -0.4 is 5.32 Å². The molecule has 0 aliphatic carbocycles. The topological polar surface area (TPSA) is 60.0 Å². The van der Waals surface area contributed by atoms with Crippen LogP contribution in [0.25, 0.3) is 0 Å². The van der Waals surface area contributed by atoms with Gasteiger partial charge in [0.2, 0.25) is 0 Å². The van der Waals surface area contributed by atoms with Gasteiger partial charge < -0.3 is 19.5 Å². The van der Waals surface area contributed by atoms with Crippen LogP contribution in [0.2, 0.25) is 5.02 Å². The van der Waals surface area contributed by atoms with Gasteiger partial charge in [0.25, 0.3) is 0 Å². The van der Waals surface area contributed by atoms with E-state index in [9.17, 15) is 4.79 Å². The molecule has 1 aromatic rings. The number of hydrogen-bond donors (Lipinski definition) is 1. The molecule has 0 bridgehead atoms. The van der Waals surface area contributed by atoms with Crippen molar-refractivity contribution >= 4 is 23.4 Å². The van der Waals surface area contributed by atoms with Crippen molar-refractivity contribution in [1.29, 1.82) is 0 Å². The summed E-state index contributed by atoms with van der Waals surface area (Å²) in [4.78, 5) is 14.5. The van der Waals surface area contributed by atoms with Crippen molar-refractivity contribution in [3.8, 4) is 0 Å². The SMILES string of the molecule is CC1OCC1Nc1ccc(C2COCCCN2C(=O)OC(C)(C)C)c(Cl)c1. The third-order valence-corrected chi connectivity index (χ3v) is 5.11. The second kappa shape index (κ2) is 8.25. The number of amides is 1. The average Bonchev–Trinajstić information content (AvgIpc) is 2.83. The van der Waals surface area contributed by atoms with E-state index < -0.39 is 5.60 Å². The average molecular weight is 397 g/mol. The summed E-state index contributed by atoms with van der Waals surface area (Å²) in [5.74, 6) is 0. The number of nitrogens with one attached hydrogen (secondary N) is 1. The quantitative estimate of drug-likeness (QED) is 0.828. The molecule has 2 fully saturated rings. The fourth-order valence-corrected chi connectivity index (χ4v) is 3.53. The molecule has 3 atom stereocenters. The minimum absolute atomic E-state index is 0.196. The van der Waals surface area contributed by atoms with E-state index >= 15 is 0 Å². The minimum Gasteiger partial charge on any atom is -0.444 e. The molecule has 2 aliphatic rings. The van der Waals surface area contributed by atoms with Crippen molar-refractivity contribution in [3.05, 3.63) is 28.8 Å². The fraction of sp³-hybridized carbons (Fsp3) is 0.650. The summed E-state index contributed by atoms with van der Waals surface area (Å²) in [6.45, 7) is 9.94. The van der Waals surface area contributed by atoms with Gasteiger partial charge in [-0.15, -0.1) is 0 Å². The Bertz CT molecular complexity index is 676. The molecule has 0 spiro atoms. The zero-order valence-corrected chi connectivity index (χ0v) is 17.2. The summed E-state index contributed by atoms with van der Waals surface area (Å²) in [7, 11) is 0. The molecule has 27 heavy (non-hydrogen) atoms. The molecule has 1 amide bonds. The third-order valence-electron chi connectivity index (χ3n) is 4.78. The van der Waals surface area contributed by atoms with Crippen molar-refractivity contribution in [2.75, 3.05) is 31.7 Å². The van der Waals surface area contributed by atoms with Gasteiger partial charge in [0.1, 0.15) is 5.60 Å². The van der Waals surface area contributed by atoms with E-state index in [0.717, 1.165) is 17.7 Å². The first-order chi connectivity index (χ1) is 12.7. The zero-order valence-electron chi connectivity index (χ0n) is 16.5. The molecule has 1 aromatic carbocycles. The number of carbonyl (C=O) groups is 1. The van der Waals surface area contributed by atoms with Gasteiger partial charge >= 0.3 is 6.09 Å². The molecule has 2 saturated heterocycles. The van der Waals surface area contributed by atoms with E-state index in [-0.39, 0.29) is 18.2 Å². The van der Waals surface area contributed by atoms with Crippen molar-refractivity contribution in [3.63, 3.8) is 0 Å². The third kappa shape index (κ3) is 5.06. The van der Waals surface area contributed by atoms with E-state index in [0.29, 0.717) is 37.4 Å². The molecule has 0 saturated carbocycles. The Labute approximate surface area is 166 Å². The molecular weight excluding hydrogens is 368 g/mol. The van der Waals surface area contributed by atoms with Gasteiger partial charge in [0.15, 0.2) is 0 Å². The predicted octanol–water partition coefficient (Wildman–Crippen LogP) is 4.24. The first-order valence-corrected chi connectivity index (χ1v) is 9.87. The van der Waals surface area contributed by atoms with Gasteiger partial charge in [0.05, 0.1) is 31.4 Å². The highest BCUT2D eigenvalue weighted by Gasteiger charge is 2.32. The lowest BCUT2D eigenvalue weighted by Gasteiger charge is -2.36. The number of anilines is 1. The lowest BCUT2D eigenvalue weighted by Crippen LogP contribution is -2.48. The van der Waals surface area contributed by atoms with Crippen LogP contribution in [0.3, 0.4) is 0 Å². The van der Waals surface area contributed by atoms with Crippen LogP contribution in [0, 0.1) is 0 Å². The van der Waals surface area contributed by atoms with E-state index in [1.807, 2.05) is 45.9 Å². The molecule has 7 heteroatoms. The number of carbonyl (C=O) groups excluding carboxylic acids is 1. The van der Waals surface area contributed by atoms with Crippen LogP contribution in [0.1, 0.15) is 45.7 Å². The Kier molecular flexibility index (Phi) is 6.18. The highest BCUT2D eigenvalue weighted by atomic mass is 35.5. The number of ether oxygens (including phenoxy) is 3. The highest BCUT2D eigenvalue weighted by molar-refractivity contribution is 6.31. The molecule has 2 heterocycles. The number of hydrogen-bond acceptors (Lipinski definition) is 5. The Morgan fingerprint density at radius 3 is 2.70 bits per heavy atom. The largest absolute Gasteiger partial charge is 0.444 e. The van der Waals surface area contributed by atoms with Crippen molar-refractivity contribution in [1.82, 2.24) is 4.90 Å². The number of benzene rings is 1. The van der Waals surface area contributed by atoms with E-state index in [1.54, 1.807) is 4.90 Å². The molecule has 3 rings (SSSR count). The van der Waals surface area contributed by atoms with Gasteiger partial charge in [-0.05, 0) is 51.8 Å². The first kappa shape index (κ1) is 20.2. The molecule has 3 unspecified atom stereocenters. The van der Waals surface area contributed by atoms with Crippen LogP contribution in [-0.4, -0.2) is 55.1 Å². The number of halogens is 1. The molecular formula is C20H29ClN2O4. The molecule has 6 nitrogen and oxygen atoms in total. The zero-order chi connectivity index (χ0) is 19.6. The van der Waals surface area contributed by atoms with Gasteiger partial charge in [-0.25, -0.2) is 4.79 Å². The smallest absolute Gasteiger partial charge is 0.410 e. The van der Waals surface area contributed by atoms with Crippen LogP contribution in [0.15, 0.2) is 18.2 Å². The predicted molar refractivity (Wildman–Crippen MR) is 105 cm³/mol. The minimum atomic E-state index is -0.548. The van der Waals surface area contributed by atoms with E-state index in [2.05, 4.69) is 5.32 Å². The summed E-state index contributed by atoms with van der Waals surface area (Å²) < 4.78 is 16.7. The highest BCUT2D eigenvalue weighted by Crippen LogP contribution is 2.33. The maximum absolute atomic E-state index is 12.7. The van der Waals surface area contributed by atoms with Crippen molar-refractivity contribution < 1.29 is 19.0 Å². The molecule has 0 aromatic heterocycles. The Morgan fingerprint density at radius 1 is 1.33 bits per heavy atom. The fourth-order valence-electron chi connectivity index (χ4n) is 3.22. The Hall–Kier alpha value is -1.50. The number of rotatable bonds is 3. The molecule has 0 radical (unpaired) electrons. The molecule has 150 valence electrons. The maximum Gasteiger partial charge on any atom is 0.410 e. The van der Waals surface area contributed by atoms with Gasteiger partial charge in [-0.3, -0.25) is 4.90 Å². The van der Waals surface area contributed by atoms with E-state index in [4.69, 9.17) is 25.8 Å². The van der Waals surface area contributed by atoms with Gasteiger partial charge in [-0.2, -0.15) is 0 Å². The van der Waals surface area contributed by atoms with Crippen molar-refractivity contribution in [2.24, 2.45) is 0 Å². The van der Waals surface area contributed by atoms with Crippen molar-refractivity contribution in [2.45, 2.75) is 57.9 Å². The Balaban J connectivity index is 1.79. The summed E-state index contributed by atoms with van der Waals surface area (Å²) in [6, 6.07) is 5.89. The van der Waals surface area contributed by atoms with Crippen LogP contribution in [0.5, 0.6) is 0 Å². The molecule has 2 aliphatic heterocycles. The van der Waals surface area contributed by atoms with Gasteiger partial charge in [-0.1, -0.05) is 17.7 Å². The lowest BCUT2D eigenvalue weighted by atomic mass is 10.0. The normalized spacial score (nSPS) is 26.1. The van der Waals surface area contributed by atoms with Crippen LogP contribution in [0.4, 0.5) is 10.5 Å². The second-order valence-electron chi connectivity index (χ2n) is 8.14. The summed E-state index contributed by atoms with van der Waals surface area (Å²) in [5, 5.41) is 4.04.